The highest BCUT2D eigenvalue weighted by atomic mass is 19.1. The first kappa shape index (κ1) is 36.8. The fourth-order valence-electron chi connectivity index (χ4n) is 5.65. The molecule has 5 unspecified atom stereocenters. The quantitative estimate of drug-likeness (QED) is 0.302. The maximum Gasteiger partial charge on any atom is 0.411 e. The molecule has 13 heteroatoms. The Hall–Kier alpha value is -5.04. The van der Waals surface area contributed by atoms with Crippen molar-refractivity contribution in [3.63, 3.8) is 0 Å². The number of hydrogen-bond acceptors (Lipinski definition) is 9. The minimum atomic E-state index is -0.891. The summed E-state index contributed by atoms with van der Waals surface area (Å²) < 4.78 is 30.2. The number of esters is 1. The van der Waals surface area contributed by atoms with E-state index in [2.05, 4.69) is 22.2 Å². The normalized spacial score (nSPS) is 26.0. The number of halogens is 1. The van der Waals surface area contributed by atoms with E-state index < -0.39 is 53.9 Å². The molecular weight excluding hydrogens is 635 g/mol. The number of cyclic esters (lactones) is 1. The molecule has 0 aliphatic carbocycles. The maximum absolute atomic E-state index is 13.7. The van der Waals surface area contributed by atoms with Crippen LogP contribution >= 0.6 is 0 Å². The van der Waals surface area contributed by atoms with Crippen LogP contribution in [0.4, 0.5) is 14.9 Å². The monoisotopic (exact) mass is 678 g/mol. The number of nitrogens with one attached hydrogen (secondary N) is 2. The van der Waals surface area contributed by atoms with Crippen molar-refractivity contribution in [1.82, 2.24) is 15.2 Å². The van der Waals surface area contributed by atoms with Gasteiger partial charge in [-0.05, 0) is 56.5 Å². The number of carbonyl (C=O) groups is 4. The molecule has 262 valence electrons. The van der Waals surface area contributed by atoms with Gasteiger partial charge in [-0.25, -0.2) is 19.0 Å². The van der Waals surface area contributed by atoms with Gasteiger partial charge in [0.15, 0.2) is 11.6 Å². The van der Waals surface area contributed by atoms with E-state index >= 15 is 0 Å². The predicted octanol–water partition coefficient (Wildman–Crippen LogP) is 4.89. The summed E-state index contributed by atoms with van der Waals surface area (Å²) in [5.41, 5.74) is 1.81. The third-order valence-electron chi connectivity index (χ3n) is 8.14. The number of anilines is 1. The SMILES string of the molecule is C=C1Cc2nc(co2)C(=O)N2CCCC2C(=O)OC(C(C)COC(=O)Nc2ccc(F)cc2)C(C)/C=C/C(=O)NC/C=C/C(C)=C/C(O)C1. The maximum atomic E-state index is 13.7. The number of aliphatic hydroxyl groups is 1. The molecule has 0 saturated carbocycles. The van der Waals surface area contributed by atoms with Crippen molar-refractivity contribution in [2.45, 2.75) is 64.7 Å². The summed E-state index contributed by atoms with van der Waals surface area (Å²) in [4.78, 5) is 57.9. The number of carbonyl (C=O) groups excluding carboxylic acids is 4. The standard InChI is InChI=1S/C36H43FN4O8/c1-22-7-5-15-38-31(43)14-9-24(3)33(25(4)20-48-36(46)39-27-12-10-26(37)11-13-27)49-35(45)30-8-6-16-41(30)34(44)29-21-47-32(40-29)19-23(2)18-28(42)17-22/h5,7,9-14,17,21,24-25,28,30,33,42H,2,6,8,15-16,18-20H2,1,3-4H3,(H,38,43)(H,39,46)/b7-5+,14-9+,22-17+. The summed E-state index contributed by atoms with van der Waals surface area (Å²) in [6.07, 6.45) is 8.33. The van der Waals surface area contributed by atoms with E-state index in [0.29, 0.717) is 30.6 Å². The lowest BCUT2D eigenvalue weighted by Crippen LogP contribution is -2.44. The Morgan fingerprint density at radius 1 is 1.24 bits per heavy atom. The number of ether oxygens (including phenoxy) is 2. The van der Waals surface area contributed by atoms with Crippen LogP contribution in [-0.4, -0.2) is 76.8 Å². The summed E-state index contributed by atoms with van der Waals surface area (Å²) in [7, 11) is 0. The molecule has 2 aromatic rings. The molecule has 1 aromatic carbocycles. The van der Waals surface area contributed by atoms with Crippen molar-refractivity contribution in [2.75, 3.05) is 25.0 Å². The molecule has 12 nitrogen and oxygen atoms in total. The highest BCUT2D eigenvalue weighted by Gasteiger charge is 2.39. The number of rotatable bonds is 4. The number of aromatic nitrogens is 1. The molecule has 49 heavy (non-hydrogen) atoms. The number of oxazole rings is 1. The van der Waals surface area contributed by atoms with Gasteiger partial charge in [0.25, 0.3) is 5.91 Å². The average molecular weight is 679 g/mol. The minimum Gasteiger partial charge on any atom is -0.460 e. The topological polar surface area (TPSA) is 160 Å². The van der Waals surface area contributed by atoms with Crippen LogP contribution in [0.2, 0.25) is 0 Å². The Labute approximate surface area is 284 Å². The summed E-state index contributed by atoms with van der Waals surface area (Å²) in [6.45, 7) is 9.72. The highest BCUT2D eigenvalue weighted by molar-refractivity contribution is 5.95. The van der Waals surface area contributed by atoms with Crippen molar-refractivity contribution >= 4 is 29.6 Å². The van der Waals surface area contributed by atoms with Crippen LogP contribution in [0.25, 0.3) is 0 Å². The van der Waals surface area contributed by atoms with Gasteiger partial charge in [0.2, 0.25) is 5.91 Å². The molecule has 3 heterocycles. The number of hydrogen-bond donors (Lipinski definition) is 3. The van der Waals surface area contributed by atoms with Crippen molar-refractivity contribution in [3.05, 3.63) is 96.0 Å². The van der Waals surface area contributed by atoms with E-state index in [1.165, 1.54) is 41.5 Å². The number of fused-ring (bicyclic) bond motifs is 3. The fourth-order valence-corrected chi connectivity index (χ4v) is 5.65. The lowest BCUT2D eigenvalue weighted by Gasteiger charge is -2.30. The van der Waals surface area contributed by atoms with Crippen LogP contribution in [0.3, 0.4) is 0 Å². The van der Waals surface area contributed by atoms with E-state index in [4.69, 9.17) is 13.9 Å². The summed E-state index contributed by atoms with van der Waals surface area (Å²) in [6, 6.07) is 4.29. The van der Waals surface area contributed by atoms with Crippen LogP contribution in [0.15, 0.2) is 83.1 Å². The molecule has 3 N–H and O–H groups in total. The van der Waals surface area contributed by atoms with Gasteiger partial charge >= 0.3 is 12.1 Å². The first-order valence-electron chi connectivity index (χ1n) is 16.2. The van der Waals surface area contributed by atoms with E-state index in [1.54, 1.807) is 38.2 Å². The van der Waals surface area contributed by atoms with Gasteiger partial charge in [-0.1, -0.05) is 55.9 Å². The first-order chi connectivity index (χ1) is 23.4. The second-order valence-electron chi connectivity index (χ2n) is 12.4. The van der Waals surface area contributed by atoms with Crippen LogP contribution in [0, 0.1) is 17.7 Å². The van der Waals surface area contributed by atoms with Crippen LogP contribution in [0.1, 0.15) is 56.4 Å². The van der Waals surface area contributed by atoms with Crippen LogP contribution in [-0.2, 0) is 25.5 Å². The number of nitrogens with zero attached hydrogens (tertiary/aromatic N) is 2. The van der Waals surface area contributed by atoms with Crippen molar-refractivity contribution < 1.29 is 42.6 Å². The number of aliphatic hydroxyl groups excluding tert-OH is 1. The second kappa shape index (κ2) is 17.4. The van der Waals surface area contributed by atoms with Crippen molar-refractivity contribution in [2.24, 2.45) is 11.8 Å². The van der Waals surface area contributed by atoms with Gasteiger partial charge in [-0.3, -0.25) is 14.9 Å². The van der Waals surface area contributed by atoms with E-state index in [1.807, 2.05) is 6.92 Å². The summed E-state index contributed by atoms with van der Waals surface area (Å²) >= 11 is 0. The molecule has 3 amide bonds. The average Bonchev–Trinajstić information content (AvgIpc) is 3.74. The molecule has 0 spiro atoms. The van der Waals surface area contributed by atoms with Crippen LogP contribution < -0.4 is 10.6 Å². The van der Waals surface area contributed by atoms with Crippen LogP contribution in [0.5, 0.6) is 0 Å². The summed E-state index contributed by atoms with van der Waals surface area (Å²) in [5.74, 6) is -2.74. The lowest BCUT2D eigenvalue weighted by atomic mass is 9.93. The molecule has 2 aliphatic heterocycles. The number of amides is 3. The third kappa shape index (κ3) is 11.0. The molecule has 1 fully saturated rings. The number of allylic oxidation sites excluding steroid dienone is 2. The molecule has 1 aromatic heterocycles. The largest absolute Gasteiger partial charge is 0.460 e. The Morgan fingerprint density at radius 2 is 2.00 bits per heavy atom. The molecule has 1 saturated heterocycles. The first-order valence-corrected chi connectivity index (χ1v) is 16.2. The van der Waals surface area contributed by atoms with Gasteiger partial charge in [0.05, 0.1) is 12.7 Å². The lowest BCUT2D eigenvalue weighted by molar-refractivity contribution is -0.159. The third-order valence-corrected chi connectivity index (χ3v) is 8.14. The van der Waals surface area contributed by atoms with Gasteiger partial charge < -0.3 is 29.2 Å². The molecule has 2 aliphatic rings. The zero-order valence-electron chi connectivity index (χ0n) is 27.9. The molecule has 0 radical (unpaired) electrons. The van der Waals surface area contributed by atoms with Gasteiger partial charge in [-0.15, -0.1) is 0 Å². The molecule has 5 atom stereocenters. The van der Waals surface area contributed by atoms with E-state index in [0.717, 1.165) is 5.57 Å². The zero-order chi connectivity index (χ0) is 35.5. The van der Waals surface area contributed by atoms with Gasteiger partial charge in [-0.2, -0.15) is 0 Å². The number of benzene rings is 1. The van der Waals surface area contributed by atoms with Crippen molar-refractivity contribution in [1.29, 1.82) is 0 Å². The second-order valence-corrected chi connectivity index (χ2v) is 12.4. The zero-order valence-corrected chi connectivity index (χ0v) is 27.9. The minimum absolute atomic E-state index is 0.0371. The Bertz CT molecular complexity index is 1600. The smallest absolute Gasteiger partial charge is 0.411 e. The van der Waals surface area contributed by atoms with E-state index in [-0.39, 0.29) is 43.5 Å². The Kier molecular flexibility index (Phi) is 13.1. The highest BCUT2D eigenvalue weighted by Crippen LogP contribution is 2.26. The van der Waals surface area contributed by atoms with Gasteiger partial charge in [0.1, 0.15) is 24.2 Å². The predicted molar refractivity (Wildman–Crippen MR) is 179 cm³/mol. The van der Waals surface area contributed by atoms with Crippen molar-refractivity contribution in [3.8, 4) is 0 Å². The molecule has 4 rings (SSSR count). The van der Waals surface area contributed by atoms with E-state index in [9.17, 15) is 28.7 Å². The fraction of sp³-hybridized carbons (Fsp3) is 0.417. The Morgan fingerprint density at radius 3 is 2.76 bits per heavy atom. The molecule has 2 bridgehead atoms. The van der Waals surface area contributed by atoms with Gasteiger partial charge in [0, 0.05) is 37.0 Å². The summed E-state index contributed by atoms with van der Waals surface area (Å²) in [5, 5.41) is 15.8. The Balaban J connectivity index is 1.54. The molecular formula is C36H43FN4O8.